The van der Waals surface area contributed by atoms with E-state index in [9.17, 15) is 31.1 Å². The van der Waals surface area contributed by atoms with E-state index >= 15 is 0 Å². The number of amides is 1. The van der Waals surface area contributed by atoms with E-state index in [1.165, 1.54) is 12.3 Å². The van der Waals surface area contributed by atoms with Crippen LogP contribution in [0, 0.1) is 0 Å². The molecule has 17 heteroatoms. The lowest BCUT2D eigenvalue weighted by molar-refractivity contribution is -0.192. The fourth-order valence-corrected chi connectivity index (χ4v) is 3.34. The number of aromatic nitrogens is 5. The molecule has 0 aliphatic carbocycles. The van der Waals surface area contributed by atoms with Gasteiger partial charge in [0.05, 0.1) is 11.6 Å². The number of carbonyl (C=O) groups excluding carboxylic acids is 1. The number of carboxylic acid groups (broad SMARTS) is 1. The molecule has 37 heavy (non-hydrogen) atoms. The minimum atomic E-state index is -5.08. The Balaban J connectivity index is 0.000000479. The molecular weight excluding hydrogens is 514 g/mol. The number of aliphatic carboxylic acids is 1. The van der Waals surface area contributed by atoms with Gasteiger partial charge < -0.3 is 15.3 Å². The monoisotopic (exact) mass is 534 g/mol. The zero-order chi connectivity index (χ0) is 27.4. The number of halogens is 6. The maximum Gasteiger partial charge on any atom is 0.490 e. The van der Waals surface area contributed by atoms with Gasteiger partial charge in [-0.2, -0.15) is 26.3 Å². The number of anilines is 1. The van der Waals surface area contributed by atoms with Gasteiger partial charge in [0.25, 0.3) is 5.91 Å². The molecule has 1 fully saturated rings. The molecule has 3 aromatic rings. The van der Waals surface area contributed by atoms with Crippen molar-refractivity contribution < 1.29 is 41.0 Å². The summed E-state index contributed by atoms with van der Waals surface area (Å²) in [5.41, 5.74) is 0.591. The molecule has 11 nitrogen and oxygen atoms in total. The third-order valence-electron chi connectivity index (χ3n) is 5.16. The quantitative estimate of drug-likeness (QED) is 0.483. The number of rotatable bonds is 4. The molecule has 0 saturated carbocycles. The standard InChI is InChI=1S/C18H19F3N8O.C2HF3O2/c1-27-7-8-28(17-22-5-2-6-23-17)10-13(27)15-26-25-14-4-3-12(9-29(14)15)16(30)24-11-18(19,20)21;3-2(4,5)1(6)7/h2-6,9,13H,7-8,10-11H2,1H3,(H,24,30);(H,6,7). The molecule has 1 unspecified atom stereocenters. The van der Waals surface area contributed by atoms with Crippen LogP contribution in [0.5, 0.6) is 0 Å². The van der Waals surface area contributed by atoms with Crippen molar-refractivity contribution in [2.45, 2.75) is 18.4 Å². The molecule has 1 amide bonds. The van der Waals surface area contributed by atoms with Gasteiger partial charge in [0, 0.05) is 38.2 Å². The number of nitrogens with zero attached hydrogens (tertiary/aromatic N) is 7. The highest BCUT2D eigenvalue weighted by molar-refractivity contribution is 5.94. The van der Waals surface area contributed by atoms with Gasteiger partial charge in [-0.1, -0.05) is 0 Å². The van der Waals surface area contributed by atoms with Gasteiger partial charge in [0.2, 0.25) is 5.95 Å². The normalized spacial score (nSPS) is 16.7. The smallest absolute Gasteiger partial charge is 0.475 e. The molecule has 1 aliphatic rings. The van der Waals surface area contributed by atoms with Crippen LogP contribution in [0.25, 0.3) is 5.65 Å². The maximum absolute atomic E-state index is 12.4. The highest BCUT2D eigenvalue weighted by atomic mass is 19.4. The van der Waals surface area contributed by atoms with Gasteiger partial charge >= 0.3 is 18.3 Å². The zero-order valence-electron chi connectivity index (χ0n) is 19.0. The van der Waals surface area contributed by atoms with E-state index in [2.05, 4.69) is 25.1 Å². The van der Waals surface area contributed by atoms with Crippen LogP contribution >= 0.6 is 0 Å². The molecule has 1 saturated heterocycles. The minimum absolute atomic E-state index is 0.0921. The van der Waals surface area contributed by atoms with Crippen LogP contribution < -0.4 is 10.2 Å². The first-order valence-corrected chi connectivity index (χ1v) is 10.5. The minimum Gasteiger partial charge on any atom is -0.475 e. The van der Waals surface area contributed by atoms with Crippen LogP contribution in [0.15, 0.2) is 36.8 Å². The highest BCUT2D eigenvalue weighted by Gasteiger charge is 2.38. The van der Waals surface area contributed by atoms with E-state index in [-0.39, 0.29) is 11.6 Å². The third-order valence-corrected chi connectivity index (χ3v) is 5.16. The number of hydrogen-bond acceptors (Lipinski definition) is 8. The summed E-state index contributed by atoms with van der Waals surface area (Å²) in [5.74, 6) is -2.38. The second-order valence-corrected chi connectivity index (χ2v) is 7.80. The predicted octanol–water partition coefficient (Wildman–Crippen LogP) is 1.94. The van der Waals surface area contributed by atoms with Crippen LogP contribution in [-0.4, -0.2) is 92.0 Å². The first-order valence-electron chi connectivity index (χ1n) is 10.5. The zero-order valence-corrected chi connectivity index (χ0v) is 19.0. The van der Waals surface area contributed by atoms with Crippen molar-refractivity contribution in [2.75, 3.05) is 38.1 Å². The summed E-state index contributed by atoms with van der Waals surface area (Å²) in [6.45, 7) is 0.616. The molecule has 4 heterocycles. The van der Waals surface area contributed by atoms with E-state index in [0.29, 0.717) is 24.0 Å². The van der Waals surface area contributed by atoms with Crippen molar-refractivity contribution in [1.29, 1.82) is 0 Å². The number of carbonyl (C=O) groups is 2. The summed E-state index contributed by atoms with van der Waals surface area (Å²) in [5, 5.41) is 17.4. The van der Waals surface area contributed by atoms with Crippen LogP contribution in [0.3, 0.4) is 0 Å². The summed E-state index contributed by atoms with van der Waals surface area (Å²) >= 11 is 0. The van der Waals surface area contributed by atoms with Crippen LogP contribution in [-0.2, 0) is 4.79 Å². The van der Waals surface area contributed by atoms with Gasteiger partial charge in [-0.05, 0) is 25.2 Å². The lowest BCUT2D eigenvalue weighted by Crippen LogP contribution is -2.48. The Morgan fingerprint density at radius 1 is 1.08 bits per heavy atom. The average Bonchev–Trinajstić information content (AvgIpc) is 3.26. The molecule has 3 aromatic heterocycles. The molecule has 1 atom stereocenters. The van der Waals surface area contributed by atoms with Crippen molar-refractivity contribution in [3.05, 3.63) is 48.2 Å². The first-order chi connectivity index (χ1) is 17.3. The Morgan fingerprint density at radius 3 is 2.32 bits per heavy atom. The van der Waals surface area contributed by atoms with Gasteiger partial charge in [-0.3, -0.25) is 14.1 Å². The van der Waals surface area contributed by atoms with E-state index in [1.807, 2.05) is 17.3 Å². The fraction of sp³-hybridized carbons (Fsp3) is 0.400. The third kappa shape index (κ3) is 7.25. The SMILES string of the molecule is CN1CCN(c2ncccn2)CC1c1nnc2ccc(C(=O)NCC(F)(F)F)cn12.O=C(O)C(F)(F)F. The number of hydrogen-bond donors (Lipinski definition) is 2. The Morgan fingerprint density at radius 2 is 1.73 bits per heavy atom. The average molecular weight is 534 g/mol. The maximum atomic E-state index is 12.4. The topological polar surface area (TPSA) is 129 Å². The van der Waals surface area contributed by atoms with Gasteiger partial charge in [0.1, 0.15) is 6.54 Å². The number of likely N-dealkylation sites (N-methyl/N-ethyl adjacent to an activating group) is 1. The van der Waals surface area contributed by atoms with Crippen molar-refractivity contribution >= 4 is 23.5 Å². The molecular formula is C20H20F6N8O3. The van der Waals surface area contributed by atoms with E-state index in [0.717, 1.165) is 13.1 Å². The van der Waals surface area contributed by atoms with Crippen LogP contribution in [0.4, 0.5) is 32.3 Å². The second-order valence-electron chi connectivity index (χ2n) is 7.80. The van der Waals surface area contributed by atoms with Gasteiger partial charge in [-0.25, -0.2) is 14.8 Å². The molecule has 2 N–H and O–H groups in total. The molecule has 0 aromatic carbocycles. The Labute approximate surface area is 204 Å². The predicted molar refractivity (Wildman–Crippen MR) is 115 cm³/mol. The highest BCUT2D eigenvalue weighted by Crippen LogP contribution is 2.25. The van der Waals surface area contributed by atoms with Crippen LogP contribution in [0.1, 0.15) is 22.2 Å². The van der Waals surface area contributed by atoms with E-state index in [1.54, 1.807) is 28.9 Å². The molecule has 4 rings (SSSR count). The summed E-state index contributed by atoms with van der Waals surface area (Å²) in [6, 6.07) is 4.55. The van der Waals surface area contributed by atoms with Crippen molar-refractivity contribution in [3.63, 3.8) is 0 Å². The van der Waals surface area contributed by atoms with Gasteiger partial charge in [-0.15, -0.1) is 10.2 Å². The lowest BCUT2D eigenvalue weighted by Gasteiger charge is -2.38. The van der Waals surface area contributed by atoms with E-state index in [4.69, 9.17) is 9.90 Å². The van der Waals surface area contributed by atoms with Crippen LogP contribution in [0.2, 0.25) is 0 Å². The van der Waals surface area contributed by atoms with Crippen molar-refractivity contribution in [2.24, 2.45) is 0 Å². The number of pyridine rings is 1. The summed E-state index contributed by atoms with van der Waals surface area (Å²) < 4.78 is 70.6. The van der Waals surface area contributed by atoms with Gasteiger partial charge in [0.15, 0.2) is 11.5 Å². The van der Waals surface area contributed by atoms with E-state index < -0.39 is 30.8 Å². The Kier molecular flexibility index (Phi) is 8.15. The molecule has 0 spiro atoms. The largest absolute Gasteiger partial charge is 0.490 e. The Bertz CT molecular complexity index is 1230. The summed E-state index contributed by atoms with van der Waals surface area (Å²) in [4.78, 5) is 33.8. The summed E-state index contributed by atoms with van der Waals surface area (Å²) in [6.07, 6.45) is -4.75. The second kappa shape index (κ2) is 10.9. The summed E-state index contributed by atoms with van der Waals surface area (Å²) in [7, 11) is 1.95. The number of carboxylic acids is 1. The molecule has 200 valence electrons. The first kappa shape index (κ1) is 27.6. The number of nitrogens with one attached hydrogen (secondary N) is 1. The number of alkyl halides is 6. The number of fused-ring (bicyclic) bond motifs is 1. The fourth-order valence-electron chi connectivity index (χ4n) is 3.34. The molecule has 0 radical (unpaired) electrons. The molecule has 0 bridgehead atoms. The number of piperazine rings is 1. The Hall–Kier alpha value is -4.02. The molecule has 1 aliphatic heterocycles. The lowest BCUT2D eigenvalue weighted by atomic mass is 10.1. The van der Waals surface area contributed by atoms with Crippen molar-refractivity contribution in [3.8, 4) is 0 Å². The van der Waals surface area contributed by atoms with Crippen molar-refractivity contribution in [1.82, 2.24) is 34.8 Å².